The smallest absolute Gasteiger partial charge is 0.272 e. The third-order valence-corrected chi connectivity index (χ3v) is 2.44. The van der Waals surface area contributed by atoms with E-state index in [2.05, 4.69) is 15.3 Å². The summed E-state index contributed by atoms with van der Waals surface area (Å²) in [6.45, 7) is 2.52. The van der Waals surface area contributed by atoms with Crippen molar-refractivity contribution in [2.75, 3.05) is 0 Å². The fourth-order valence-electron chi connectivity index (χ4n) is 1.65. The number of imidazole rings is 1. The van der Waals surface area contributed by atoms with E-state index in [4.69, 9.17) is 0 Å². The first kappa shape index (κ1) is 10.7. The topological polar surface area (TPSA) is 59.0 Å². The summed E-state index contributed by atoms with van der Waals surface area (Å²) in [5.74, 6) is 1.01. The molecule has 3 N–H and O–H groups in total. The molecule has 0 aliphatic rings. The van der Waals surface area contributed by atoms with E-state index in [1.807, 2.05) is 31.2 Å². The van der Waals surface area contributed by atoms with Crippen molar-refractivity contribution in [2.24, 2.45) is 0 Å². The summed E-state index contributed by atoms with van der Waals surface area (Å²) in [6, 6.07) is 7.96. The molecule has 2 rings (SSSR count). The second-order valence-corrected chi connectivity index (χ2v) is 3.80. The van der Waals surface area contributed by atoms with E-state index in [9.17, 15) is 4.79 Å². The highest BCUT2D eigenvalue weighted by Crippen LogP contribution is 2.05. The molecule has 0 bridgehead atoms. The lowest BCUT2D eigenvalue weighted by molar-refractivity contribution is -0.358. The van der Waals surface area contributed by atoms with Gasteiger partial charge in [-0.05, 0) is 18.6 Å². The fourth-order valence-corrected chi connectivity index (χ4v) is 1.65. The predicted octanol–water partition coefficient (Wildman–Crippen LogP) is 1.40. The zero-order valence-corrected chi connectivity index (χ0v) is 9.34. The third-order valence-electron chi connectivity index (χ3n) is 2.44. The van der Waals surface area contributed by atoms with Crippen molar-refractivity contribution >= 4 is 16.9 Å². The number of carbonyl (C=O) groups excluding carboxylic acids is 1. The van der Waals surface area contributed by atoms with Gasteiger partial charge < -0.3 is 5.32 Å². The molecule has 0 radical (unpaired) electrons. The third kappa shape index (κ3) is 2.39. The van der Waals surface area contributed by atoms with Crippen LogP contribution < -0.4 is 10.3 Å². The van der Waals surface area contributed by atoms with Gasteiger partial charge in [0.2, 0.25) is 5.91 Å². The minimum absolute atomic E-state index is 0.0922. The molecular weight excluding hydrogens is 202 g/mol. The Bertz CT molecular complexity index is 457. The first-order valence-corrected chi connectivity index (χ1v) is 5.55. The monoisotopic (exact) mass is 218 g/mol. The predicted molar refractivity (Wildman–Crippen MR) is 61.6 cm³/mol. The number of rotatable bonds is 4. The molecular formula is C12H16N3O+. The normalized spacial score (nSPS) is 10.6. The van der Waals surface area contributed by atoms with Gasteiger partial charge in [0.1, 0.15) is 6.54 Å². The van der Waals surface area contributed by atoms with Gasteiger partial charge >= 0.3 is 0 Å². The lowest BCUT2D eigenvalue weighted by Crippen LogP contribution is -2.25. The van der Waals surface area contributed by atoms with Gasteiger partial charge in [0, 0.05) is 6.42 Å². The largest absolute Gasteiger partial charge is 0.344 e. The van der Waals surface area contributed by atoms with E-state index in [0.29, 0.717) is 13.0 Å². The van der Waals surface area contributed by atoms with Crippen molar-refractivity contribution in [1.82, 2.24) is 10.3 Å². The summed E-state index contributed by atoms with van der Waals surface area (Å²) in [5.41, 5.74) is 2.12. The highest BCUT2D eigenvalue weighted by Gasteiger charge is 2.09. The van der Waals surface area contributed by atoms with Crippen LogP contribution in [0.4, 0.5) is 0 Å². The summed E-state index contributed by atoms with van der Waals surface area (Å²) >= 11 is 0. The van der Waals surface area contributed by atoms with Gasteiger partial charge in [-0.1, -0.05) is 19.1 Å². The van der Waals surface area contributed by atoms with Crippen LogP contribution in [0.15, 0.2) is 24.3 Å². The molecule has 4 nitrogen and oxygen atoms in total. The molecule has 0 aliphatic carbocycles. The maximum absolute atomic E-state index is 11.3. The van der Waals surface area contributed by atoms with Crippen molar-refractivity contribution in [2.45, 2.75) is 26.3 Å². The van der Waals surface area contributed by atoms with Gasteiger partial charge in [0.25, 0.3) is 5.82 Å². The molecule has 0 saturated carbocycles. The molecule has 16 heavy (non-hydrogen) atoms. The summed E-state index contributed by atoms with van der Waals surface area (Å²) in [7, 11) is 0. The van der Waals surface area contributed by atoms with Gasteiger partial charge in [-0.15, -0.1) is 0 Å². The van der Waals surface area contributed by atoms with Crippen LogP contribution in [0, 0.1) is 0 Å². The van der Waals surface area contributed by atoms with Crippen molar-refractivity contribution < 1.29 is 9.78 Å². The van der Waals surface area contributed by atoms with Crippen LogP contribution in [0.1, 0.15) is 25.6 Å². The molecule has 0 saturated heterocycles. The zero-order chi connectivity index (χ0) is 11.4. The summed E-state index contributed by atoms with van der Waals surface area (Å²) < 4.78 is 0. The minimum atomic E-state index is 0.0922. The van der Waals surface area contributed by atoms with Crippen LogP contribution in [-0.4, -0.2) is 10.9 Å². The van der Waals surface area contributed by atoms with Crippen molar-refractivity contribution in [3.05, 3.63) is 30.1 Å². The van der Waals surface area contributed by atoms with Crippen LogP contribution in [0.5, 0.6) is 0 Å². The van der Waals surface area contributed by atoms with Crippen LogP contribution in [0.25, 0.3) is 11.0 Å². The van der Waals surface area contributed by atoms with E-state index in [-0.39, 0.29) is 5.91 Å². The molecule has 0 fully saturated rings. The number of hydrogen-bond acceptors (Lipinski definition) is 1. The summed E-state index contributed by atoms with van der Waals surface area (Å²) in [6.07, 6.45) is 1.46. The molecule has 2 aromatic rings. The lowest BCUT2D eigenvalue weighted by Gasteiger charge is -1.97. The number of carbonyl (C=O) groups is 1. The minimum Gasteiger partial charge on any atom is -0.344 e. The summed E-state index contributed by atoms with van der Waals surface area (Å²) in [5, 5.41) is 2.86. The maximum atomic E-state index is 11.3. The standard InChI is InChI=1S/C12H15N3O/c1-2-5-12(16)13-8-11-14-9-6-3-4-7-10(9)15-11/h3-4,6-7H,2,5,8H2,1H3,(H,13,16)(H,14,15)/p+1. The van der Waals surface area contributed by atoms with E-state index in [1.165, 1.54) is 0 Å². The molecule has 0 atom stereocenters. The van der Waals surface area contributed by atoms with Gasteiger partial charge in [-0.2, -0.15) is 0 Å². The van der Waals surface area contributed by atoms with Crippen LogP contribution in [0.3, 0.4) is 0 Å². The van der Waals surface area contributed by atoms with Gasteiger partial charge in [-0.25, -0.2) is 9.97 Å². The number of H-pyrrole nitrogens is 2. The average Bonchev–Trinajstić information content (AvgIpc) is 2.69. The van der Waals surface area contributed by atoms with E-state index in [1.54, 1.807) is 0 Å². The fraction of sp³-hybridized carbons (Fsp3) is 0.333. The zero-order valence-electron chi connectivity index (χ0n) is 9.34. The number of hydrogen-bond donors (Lipinski definition) is 2. The molecule has 0 unspecified atom stereocenters. The maximum Gasteiger partial charge on any atom is 0.272 e. The Hall–Kier alpha value is -1.84. The van der Waals surface area contributed by atoms with Crippen LogP contribution in [0.2, 0.25) is 0 Å². The first-order valence-electron chi connectivity index (χ1n) is 5.55. The van der Waals surface area contributed by atoms with Gasteiger partial charge in [0.15, 0.2) is 11.0 Å². The SMILES string of the molecule is CCCC(=O)NCc1[nH]c2ccccc2[nH+]1. The number of fused-ring (bicyclic) bond motifs is 1. The lowest BCUT2D eigenvalue weighted by atomic mass is 10.3. The number of aromatic amines is 2. The number of nitrogens with one attached hydrogen (secondary N) is 3. The molecule has 84 valence electrons. The summed E-state index contributed by atoms with van der Waals surface area (Å²) in [4.78, 5) is 17.7. The second-order valence-electron chi connectivity index (χ2n) is 3.80. The van der Waals surface area contributed by atoms with Crippen molar-refractivity contribution in [3.63, 3.8) is 0 Å². The molecule has 1 aromatic heterocycles. The van der Waals surface area contributed by atoms with Gasteiger partial charge in [0.05, 0.1) is 0 Å². The molecule has 4 heteroatoms. The average molecular weight is 218 g/mol. The first-order chi connectivity index (χ1) is 7.79. The van der Waals surface area contributed by atoms with E-state index < -0.39 is 0 Å². The Labute approximate surface area is 94.1 Å². The molecule has 1 amide bonds. The van der Waals surface area contributed by atoms with E-state index in [0.717, 1.165) is 23.3 Å². The quantitative estimate of drug-likeness (QED) is 0.800. The highest BCUT2D eigenvalue weighted by atomic mass is 16.1. The number of aromatic nitrogens is 2. The molecule has 1 aromatic carbocycles. The number of para-hydroxylation sites is 2. The van der Waals surface area contributed by atoms with E-state index >= 15 is 0 Å². The molecule has 0 spiro atoms. The Morgan fingerprint density at radius 2 is 2.25 bits per heavy atom. The second kappa shape index (κ2) is 4.79. The van der Waals surface area contributed by atoms with Crippen molar-refractivity contribution in [1.29, 1.82) is 0 Å². The highest BCUT2D eigenvalue weighted by molar-refractivity contribution is 5.75. The molecule has 1 heterocycles. The van der Waals surface area contributed by atoms with Gasteiger partial charge in [-0.3, -0.25) is 4.79 Å². The Balaban J connectivity index is 2.02. The van der Waals surface area contributed by atoms with Crippen LogP contribution >= 0.6 is 0 Å². The molecule has 0 aliphatic heterocycles. The Morgan fingerprint density at radius 3 is 3.00 bits per heavy atom. The van der Waals surface area contributed by atoms with Crippen molar-refractivity contribution in [3.8, 4) is 0 Å². The van der Waals surface area contributed by atoms with Crippen LogP contribution in [-0.2, 0) is 11.3 Å². The Kier molecular flexibility index (Phi) is 3.19. The Morgan fingerprint density at radius 1 is 1.44 bits per heavy atom. The number of amides is 1. The number of benzene rings is 1.